The van der Waals surface area contributed by atoms with Gasteiger partial charge in [0.15, 0.2) is 0 Å². The molecule has 0 aliphatic rings. The number of aromatic nitrogens is 2. The lowest BCUT2D eigenvalue weighted by Crippen LogP contribution is -2.45. The van der Waals surface area contributed by atoms with Crippen molar-refractivity contribution < 1.29 is 14.3 Å². The van der Waals surface area contributed by atoms with Crippen LogP contribution in [0, 0.1) is 0 Å². The Labute approximate surface area is 118 Å². The zero-order chi connectivity index (χ0) is 15.6. The maximum Gasteiger partial charge on any atom is 0.408 e. The summed E-state index contributed by atoms with van der Waals surface area (Å²) in [6.07, 6.45) is 2.55. The molecule has 1 heterocycles. The van der Waals surface area contributed by atoms with Gasteiger partial charge in [-0.3, -0.25) is 4.79 Å². The molecular formula is C13H22N4O3. The number of nitrogens with zero attached hydrogens (tertiary/aromatic N) is 2. The van der Waals surface area contributed by atoms with Gasteiger partial charge in [-0.2, -0.15) is 0 Å². The van der Waals surface area contributed by atoms with E-state index in [2.05, 4.69) is 10.3 Å². The number of carbonyl (C=O) groups excluding carboxylic acids is 2. The van der Waals surface area contributed by atoms with Crippen LogP contribution >= 0.6 is 0 Å². The number of rotatable bonds is 4. The van der Waals surface area contributed by atoms with E-state index in [9.17, 15) is 9.59 Å². The van der Waals surface area contributed by atoms with Crippen LogP contribution in [0.1, 0.15) is 40.3 Å². The van der Waals surface area contributed by atoms with Crippen molar-refractivity contribution in [1.29, 1.82) is 0 Å². The lowest BCUT2D eigenvalue weighted by atomic mass is 10.0. The van der Waals surface area contributed by atoms with Crippen LogP contribution in [0.3, 0.4) is 0 Å². The van der Waals surface area contributed by atoms with Crippen LogP contribution in [-0.4, -0.2) is 27.2 Å². The fourth-order valence-electron chi connectivity index (χ4n) is 1.76. The molecule has 0 aliphatic carbocycles. The van der Waals surface area contributed by atoms with E-state index in [1.807, 2.05) is 0 Å². The number of primary amides is 1. The minimum Gasteiger partial charge on any atom is -0.444 e. The summed E-state index contributed by atoms with van der Waals surface area (Å²) in [5.41, 5.74) is 4.53. The van der Waals surface area contributed by atoms with Crippen molar-refractivity contribution in [3.05, 3.63) is 18.2 Å². The molecule has 0 fully saturated rings. The molecule has 0 bridgehead atoms. The normalized spacial score (nSPS) is 12.1. The van der Waals surface area contributed by atoms with Crippen molar-refractivity contribution in [1.82, 2.24) is 14.9 Å². The number of amides is 2. The Hall–Kier alpha value is -2.05. The molecular weight excluding hydrogens is 260 g/mol. The monoisotopic (exact) mass is 282 g/mol. The van der Waals surface area contributed by atoms with Crippen LogP contribution in [-0.2, 0) is 21.6 Å². The Bertz CT molecular complexity index is 500. The van der Waals surface area contributed by atoms with E-state index in [-0.39, 0.29) is 6.54 Å². The van der Waals surface area contributed by atoms with E-state index in [1.165, 1.54) is 6.33 Å². The quantitative estimate of drug-likeness (QED) is 0.864. The smallest absolute Gasteiger partial charge is 0.408 e. The van der Waals surface area contributed by atoms with Crippen molar-refractivity contribution >= 4 is 12.0 Å². The number of alkyl carbamates (subject to hydrolysis) is 1. The fourth-order valence-corrected chi connectivity index (χ4v) is 1.76. The van der Waals surface area contributed by atoms with Crippen LogP contribution in [0.15, 0.2) is 12.5 Å². The van der Waals surface area contributed by atoms with Crippen LogP contribution in [0.5, 0.6) is 0 Å². The number of nitrogens with one attached hydrogen (secondary N) is 1. The highest BCUT2D eigenvalue weighted by Gasteiger charge is 2.29. The van der Waals surface area contributed by atoms with Gasteiger partial charge in [0.25, 0.3) is 0 Å². The number of hydrogen-bond acceptors (Lipinski definition) is 4. The highest BCUT2D eigenvalue weighted by molar-refractivity contribution is 5.73. The second-order valence-electron chi connectivity index (χ2n) is 6.12. The van der Waals surface area contributed by atoms with Gasteiger partial charge < -0.3 is 20.4 Å². The Morgan fingerprint density at radius 3 is 2.45 bits per heavy atom. The lowest BCUT2D eigenvalue weighted by Gasteiger charge is -2.29. The highest BCUT2D eigenvalue weighted by atomic mass is 16.6. The van der Waals surface area contributed by atoms with E-state index in [0.29, 0.717) is 5.69 Å². The Morgan fingerprint density at radius 2 is 1.95 bits per heavy atom. The van der Waals surface area contributed by atoms with Gasteiger partial charge in [0.2, 0.25) is 5.91 Å². The molecule has 112 valence electrons. The van der Waals surface area contributed by atoms with Crippen LogP contribution < -0.4 is 11.1 Å². The summed E-state index contributed by atoms with van der Waals surface area (Å²) in [5.74, 6) is -0.475. The summed E-state index contributed by atoms with van der Waals surface area (Å²) in [7, 11) is 0. The van der Waals surface area contributed by atoms with Gasteiger partial charge >= 0.3 is 6.09 Å². The molecule has 3 N–H and O–H groups in total. The predicted octanol–water partition coefficient (Wildman–Crippen LogP) is 1.13. The van der Waals surface area contributed by atoms with E-state index in [1.54, 1.807) is 45.4 Å². The first-order valence-electron chi connectivity index (χ1n) is 6.31. The molecule has 1 aromatic rings. The fraction of sp³-hybridized carbons (Fsp3) is 0.615. The lowest BCUT2D eigenvalue weighted by molar-refractivity contribution is -0.118. The van der Waals surface area contributed by atoms with Crippen LogP contribution in [0.4, 0.5) is 4.79 Å². The minimum absolute atomic E-state index is 0.00869. The maximum absolute atomic E-state index is 11.8. The maximum atomic E-state index is 11.8. The summed E-state index contributed by atoms with van der Waals surface area (Å²) in [4.78, 5) is 26.9. The molecule has 1 aromatic heterocycles. The summed E-state index contributed by atoms with van der Waals surface area (Å²) >= 11 is 0. The number of ether oxygens (including phenoxy) is 1. The van der Waals surface area contributed by atoms with Crippen molar-refractivity contribution in [3.63, 3.8) is 0 Å². The zero-order valence-corrected chi connectivity index (χ0v) is 12.6. The molecule has 7 heteroatoms. The Kier molecular flexibility index (Phi) is 4.42. The van der Waals surface area contributed by atoms with E-state index in [0.717, 1.165) is 0 Å². The second-order valence-corrected chi connectivity index (χ2v) is 6.12. The Balaban J connectivity index is 2.86. The molecule has 0 unspecified atom stereocenters. The largest absolute Gasteiger partial charge is 0.444 e. The van der Waals surface area contributed by atoms with Crippen molar-refractivity contribution in [2.24, 2.45) is 5.73 Å². The molecule has 0 spiro atoms. The first kappa shape index (κ1) is 16.0. The third kappa shape index (κ3) is 4.56. The third-order valence-corrected chi connectivity index (χ3v) is 2.49. The van der Waals surface area contributed by atoms with E-state index < -0.39 is 23.1 Å². The topological polar surface area (TPSA) is 99.2 Å². The molecule has 0 saturated carbocycles. The summed E-state index contributed by atoms with van der Waals surface area (Å²) in [5, 5.41) is 2.75. The second kappa shape index (κ2) is 5.52. The molecule has 7 nitrogen and oxygen atoms in total. The summed E-state index contributed by atoms with van der Waals surface area (Å²) in [6, 6.07) is 0. The first-order valence-corrected chi connectivity index (χ1v) is 6.31. The van der Waals surface area contributed by atoms with Gasteiger partial charge in [0.05, 0.1) is 23.8 Å². The number of hydrogen-bond donors (Lipinski definition) is 2. The predicted molar refractivity (Wildman–Crippen MR) is 73.8 cm³/mol. The minimum atomic E-state index is -0.742. The number of imidazole rings is 1. The highest BCUT2D eigenvalue weighted by Crippen LogP contribution is 2.20. The summed E-state index contributed by atoms with van der Waals surface area (Å²) in [6.45, 7) is 8.97. The number of nitrogens with two attached hydrogens (primary N) is 1. The average Bonchev–Trinajstić information content (AvgIpc) is 2.60. The molecule has 0 aromatic carbocycles. The van der Waals surface area contributed by atoms with Crippen LogP contribution in [0.25, 0.3) is 0 Å². The molecule has 0 saturated heterocycles. The zero-order valence-electron chi connectivity index (χ0n) is 12.6. The van der Waals surface area contributed by atoms with Crippen molar-refractivity contribution in [3.8, 4) is 0 Å². The van der Waals surface area contributed by atoms with Crippen molar-refractivity contribution in [2.75, 3.05) is 0 Å². The van der Waals surface area contributed by atoms with Gasteiger partial charge in [-0.15, -0.1) is 0 Å². The first-order chi connectivity index (χ1) is 9.01. The van der Waals surface area contributed by atoms with E-state index >= 15 is 0 Å². The van der Waals surface area contributed by atoms with Gasteiger partial charge in [0.1, 0.15) is 12.1 Å². The van der Waals surface area contributed by atoms with Crippen molar-refractivity contribution in [2.45, 2.75) is 52.3 Å². The molecule has 2 amide bonds. The summed E-state index contributed by atoms with van der Waals surface area (Å²) < 4.78 is 6.82. The van der Waals surface area contributed by atoms with Gasteiger partial charge in [-0.05, 0) is 34.6 Å². The molecule has 0 radical (unpaired) electrons. The van der Waals surface area contributed by atoms with E-state index in [4.69, 9.17) is 10.5 Å². The van der Waals surface area contributed by atoms with Gasteiger partial charge in [-0.1, -0.05) is 0 Å². The average molecular weight is 282 g/mol. The molecule has 20 heavy (non-hydrogen) atoms. The third-order valence-electron chi connectivity index (χ3n) is 2.49. The molecule has 0 aliphatic heterocycles. The standard InChI is InChI=1S/C13H22N4O3/c1-12(2,3)20-11(19)16-13(4,5)9-6-15-8-17(9)7-10(14)18/h6,8H,7H2,1-5H3,(H2,14,18)(H,16,19). The Morgan fingerprint density at radius 1 is 1.35 bits per heavy atom. The number of carbonyl (C=O) groups is 2. The SMILES string of the molecule is CC(C)(C)OC(=O)NC(C)(C)c1cncn1CC(N)=O. The van der Waals surface area contributed by atoms with Gasteiger partial charge in [-0.25, -0.2) is 9.78 Å². The van der Waals surface area contributed by atoms with Gasteiger partial charge in [0, 0.05) is 0 Å². The molecule has 0 atom stereocenters. The van der Waals surface area contributed by atoms with Crippen LogP contribution in [0.2, 0.25) is 0 Å². The molecule has 1 rings (SSSR count).